The summed E-state index contributed by atoms with van der Waals surface area (Å²) in [7, 11) is 0. The molecule has 0 aliphatic heterocycles. The molecule has 1 atom stereocenters. The van der Waals surface area contributed by atoms with Crippen molar-refractivity contribution < 1.29 is 18.3 Å². The number of aliphatic hydroxyl groups is 1. The topological polar surface area (TPSA) is 48.0 Å². The van der Waals surface area contributed by atoms with Gasteiger partial charge in [0.25, 0.3) is 0 Å². The van der Waals surface area contributed by atoms with Gasteiger partial charge in [-0.3, -0.25) is 0 Å². The minimum atomic E-state index is -4.41. The Labute approximate surface area is 137 Å². The van der Waals surface area contributed by atoms with Gasteiger partial charge in [-0.15, -0.1) is 0 Å². The second-order valence-corrected chi connectivity index (χ2v) is 5.63. The van der Waals surface area contributed by atoms with E-state index in [-0.39, 0.29) is 12.1 Å². The summed E-state index contributed by atoms with van der Waals surface area (Å²) in [5, 5.41) is 14.3. The minimum absolute atomic E-state index is 0.169. The molecule has 0 saturated heterocycles. The average Bonchev–Trinajstić information content (AvgIpc) is 3.03. The smallest absolute Gasteiger partial charge is 0.387 e. The molecule has 126 valence electrons. The fraction of sp³-hybridized carbons (Fsp3) is 0.222. The molecular formula is C18H17F3N2O. The third-order valence-electron chi connectivity index (χ3n) is 3.94. The van der Waals surface area contributed by atoms with Gasteiger partial charge in [0.05, 0.1) is 11.7 Å². The van der Waals surface area contributed by atoms with E-state index in [0.717, 1.165) is 28.6 Å². The summed E-state index contributed by atoms with van der Waals surface area (Å²) in [6.45, 7) is 0.688. The quantitative estimate of drug-likeness (QED) is 0.660. The first-order valence-corrected chi connectivity index (χ1v) is 7.56. The fourth-order valence-corrected chi connectivity index (χ4v) is 2.69. The Kier molecular flexibility index (Phi) is 4.59. The third kappa shape index (κ3) is 3.60. The SMILES string of the molecule is OC(CNCc1cccc2[nH]ccc12)c1cccc(C(F)(F)F)c1. The second-order valence-electron chi connectivity index (χ2n) is 5.63. The highest BCUT2D eigenvalue weighted by Crippen LogP contribution is 2.30. The summed E-state index contributed by atoms with van der Waals surface area (Å²) in [4.78, 5) is 3.12. The van der Waals surface area contributed by atoms with Gasteiger partial charge in [0, 0.05) is 30.2 Å². The second kappa shape index (κ2) is 6.67. The van der Waals surface area contributed by atoms with Crippen molar-refractivity contribution in [2.75, 3.05) is 6.54 Å². The highest BCUT2D eigenvalue weighted by molar-refractivity contribution is 5.82. The molecule has 1 unspecified atom stereocenters. The molecule has 0 fully saturated rings. The molecule has 3 nitrogen and oxygen atoms in total. The largest absolute Gasteiger partial charge is 0.416 e. The van der Waals surface area contributed by atoms with Crippen molar-refractivity contribution in [2.45, 2.75) is 18.8 Å². The lowest BCUT2D eigenvalue weighted by Gasteiger charge is -2.15. The lowest BCUT2D eigenvalue weighted by Crippen LogP contribution is -2.21. The molecule has 24 heavy (non-hydrogen) atoms. The van der Waals surface area contributed by atoms with Crippen molar-refractivity contribution in [3.8, 4) is 0 Å². The van der Waals surface area contributed by atoms with Crippen LogP contribution >= 0.6 is 0 Å². The van der Waals surface area contributed by atoms with E-state index in [1.54, 1.807) is 0 Å². The van der Waals surface area contributed by atoms with Crippen LogP contribution in [0.25, 0.3) is 10.9 Å². The van der Waals surface area contributed by atoms with E-state index in [2.05, 4.69) is 10.3 Å². The first kappa shape index (κ1) is 16.5. The normalized spacial score (nSPS) is 13.3. The monoisotopic (exact) mass is 334 g/mol. The van der Waals surface area contributed by atoms with E-state index >= 15 is 0 Å². The molecule has 0 aliphatic carbocycles. The number of rotatable bonds is 5. The van der Waals surface area contributed by atoms with Crippen LogP contribution in [0.1, 0.15) is 22.8 Å². The van der Waals surface area contributed by atoms with Crippen LogP contribution in [-0.4, -0.2) is 16.6 Å². The average molecular weight is 334 g/mol. The zero-order chi connectivity index (χ0) is 17.2. The Morgan fingerprint density at radius 1 is 1.08 bits per heavy atom. The number of halogens is 3. The molecule has 6 heteroatoms. The predicted octanol–water partition coefficient (Wildman–Crippen LogP) is 4.01. The number of alkyl halides is 3. The van der Waals surface area contributed by atoms with Crippen LogP contribution in [0.2, 0.25) is 0 Å². The fourth-order valence-electron chi connectivity index (χ4n) is 2.69. The summed E-state index contributed by atoms with van der Waals surface area (Å²) in [6, 6.07) is 12.6. The Bertz CT molecular complexity index is 826. The molecule has 0 radical (unpaired) electrons. The predicted molar refractivity (Wildman–Crippen MR) is 86.4 cm³/mol. The standard InChI is InChI=1S/C18H17F3N2O/c19-18(20,21)14-5-1-3-12(9-14)17(24)11-22-10-13-4-2-6-16-15(13)7-8-23-16/h1-9,17,22-24H,10-11H2. The summed E-state index contributed by atoms with van der Waals surface area (Å²) >= 11 is 0. The van der Waals surface area contributed by atoms with E-state index in [0.29, 0.717) is 6.54 Å². The van der Waals surface area contributed by atoms with Crippen molar-refractivity contribution >= 4 is 10.9 Å². The van der Waals surface area contributed by atoms with Crippen molar-refractivity contribution in [2.24, 2.45) is 0 Å². The highest BCUT2D eigenvalue weighted by atomic mass is 19.4. The molecule has 3 aromatic rings. The summed E-state index contributed by atoms with van der Waals surface area (Å²) in [5.74, 6) is 0. The minimum Gasteiger partial charge on any atom is -0.387 e. The number of hydrogen-bond acceptors (Lipinski definition) is 2. The number of fused-ring (bicyclic) bond motifs is 1. The highest BCUT2D eigenvalue weighted by Gasteiger charge is 2.30. The molecule has 0 aliphatic rings. The lowest BCUT2D eigenvalue weighted by molar-refractivity contribution is -0.137. The number of aliphatic hydroxyl groups excluding tert-OH is 1. The maximum atomic E-state index is 12.7. The summed E-state index contributed by atoms with van der Waals surface area (Å²) in [6.07, 6.45) is -3.56. The van der Waals surface area contributed by atoms with Gasteiger partial charge >= 0.3 is 6.18 Å². The first-order chi connectivity index (χ1) is 11.4. The van der Waals surface area contributed by atoms with Crippen LogP contribution in [0.5, 0.6) is 0 Å². The zero-order valence-electron chi connectivity index (χ0n) is 12.8. The zero-order valence-corrected chi connectivity index (χ0v) is 12.8. The van der Waals surface area contributed by atoms with Gasteiger partial charge in [-0.2, -0.15) is 13.2 Å². The van der Waals surface area contributed by atoms with E-state index in [4.69, 9.17) is 0 Å². The van der Waals surface area contributed by atoms with Gasteiger partial charge in [0.1, 0.15) is 0 Å². The molecular weight excluding hydrogens is 317 g/mol. The number of aromatic nitrogens is 1. The molecule has 3 N–H and O–H groups in total. The Morgan fingerprint density at radius 3 is 2.67 bits per heavy atom. The number of nitrogens with one attached hydrogen (secondary N) is 2. The third-order valence-corrected chi connectivity index (χ3v) is 3.94. The van der Waals surface area contributed by atoms with E-state index in [1.807, 2.05) is 30.5 Å². The van der Waals surface area contributed by atoms with Crippen molar-refractivity contribution in [3.05, 3.63) is 71.4 Å². The molecule has 0 spiro atoms. The van der Waals surface area contributed by atoms with Crippen LogP contribution < -0.4 is 5.32 Å². The van der Waals surface area contributed by atoms with Gasteiger partial charge in [-0.05, 0) is 35.4 Å². The van der Waals surface area contributed by atoms with Crippen LogP contribution in [0.15, 0.2) is 54.7 Å². The van der Waals surface area contributed by atoms with Crippen LogP contribution in [0.3, 0.4) is 0 Å². The number of aromatic amines is 1. The first-order valence-electron chi connectivity index (χ1n) is 7.56. The van der Waals surface area contributed by atoms with Gasteiger partial charge in [-0.25, -0.2) is 0 Å². The van der Waals surface area contributed by atoms with Crippen molar-refractivity contribution in [1.82, 2.24) is 10.3 Å². The van der Waals surface area contributed by atoms with E-state index in [9.17, 15) is 18.3 Å². The Balaban J connectivity index is 1.64. The molecule has 0 bridgehead atoms. The van der Waals surface area contributed by atoms with Gasteiger partial charge in [-0.1, -0.05) is 24.3 Å². The molecule has 0 saturated carbocycles. The Hall–Kier alpha value is -2.31. The van der Waals surface area contributed by atoms with E-state index < -0.39 is 17.8 Å². The van der Waals surface area contributed by atoms with Crippen LogP contribution in [0, 0.1) is 0 Å². The van der Waals surface area contributed by atoms with Gasteiger partial charge in [0.15, 0.2) is 0 Å². The van der Waals surface area contributed by atoms with E-state index in [1.165, 1.54) is 12.1 Å². The molecule has 1 aromatic heterocycles. The van der Waals surface area contributed by atoms with Gasteiger partial charge in [0.2, 0.25) is 0 Å². The molecule has 2 aromatic carbocycles. The van der Waals surface area contributed by atoms with Gasteiger partial charge < -0.3 is 15.4 Å². The number of H-pyrrole nitrogens is 1. The maximum absolute atomic E-state index is 12.7. The molecule has 0 amide bonds. The molecule has 3 rings (SSSR count). The van der Waals surface area contributed by atoms with Crippen molar-refractivity contribution in [1.29, 1.82) is 0 Å². The Morgan fingerprint density at radius 2 is 1.88 bits per heavy atom. The van der Waals surface area contributed by atoms with Crippen LogP contribution in [0.4, 0.5) is 13.2 Å². The maximum Gasteiger partial charge on any atom is 0.416 e. The summed E-state index contributed by atoms with van der Waals surface area (Å²) < 4.78 is 38.2. The van der Waals surface area contributed by atoms with Crippen LogP contribution in [-0.2, 0) is 12.7 Å². The lowest BCUT2D eigenvalue weighted by atomic mass is 10.1. The number of benzene rings is 2. The number of hydrogen-bond donors (Lipinski definition) is 3. The van der Waals surface area contributed by atoms with Crippen molar-refractivity contribution in [3.63, 3.8) is 0 Å². The molecule has 1 heterocycles. The summed E-state index contributed by atoms with van der Waals surface area (Å²) in [5.41, 5.74) is 1.58.